The third-order valence-corrected chi connectivity index (χ3v) is 4.94. The molecule has 1 heterocycles. The van der Waals surface area contributed by atoms with Crippen LogP contribution in [0.4, 0.5) is 5.69 Å². The Kier molecular flexibility index (Phi) is 6.72. The Hall–Kier alpha value is -2.08. The van der Waals surface area contributed by atoms with Gasteiger partial charge in [-0.3, -0.25) is 0 Å². The van der Waals surface area contributed by atoms with Crippen LogP contribution < -0.4 is 15.8 Å². The van der Waals surface area contributed by atoms with E-state index < -0.39 is 0 Å². The minimum absolute atomic E-state index is 0.690. The minimum atomic E-state index is 0.690. The van der Waals surface area contributed by atoms with Crippen LogP contribution >= 0.6 is 11.6 Å². The molecule has 3 rings (SSSR count). The summed E-state index contributed by atoms with van der Waals surface area (Å²) >= 11 is 6.18. The zero-order chi connectivity index (χ0) is 19.2. The van der Waals surface area contributed by atoms with Crippen LogP contribution in [-0.2, 0) is 0 Å². The molecule has 0 saturated heterocycles. The summed E-state index contributed by atoms with van der Waals surface area (Å²) in [5.74, 6) is 0.821. The molecular weight excluding hydrogens is 360 g/mol. The molecule has 3 N–H and O–H groups in total. The number of anilines is 1. The van der Waals surface area contributed by atoms with E-state index >= 15 is 0 Å². The first-order valence-corrected chi connectivity index (χ1v) is 9.69. The van der Waals surface area contributed by atoms with Crippen LogP contribution in [0, 0.1) is 0 Å². The van der Waals surface area contributed by atoms with Crippen molar-refractivity contribution in [2.75, 3.05) is 45.7 Å². The van der Waals surface area contributed by atoms with Crippen LogP contribution in [0.25, 0.3) is 21.8 Å². The Morgan fingerprint density at radius 3 is 2.67 bits per heavy atom. The van der Waals surface area contributed by atoms with Gasteiger partial charge in [-0.15, -0.1) is 0 Å². The van der Waals surface area contributed by atoms with Crippen molar-refractivity contribution < 1.29 is 4.74 Å². The van der Waals surface area contributed by atoms with E-state index in [-0.39, 0.29) is 0 Å². The van der Waals surface area contributed by atoms with Crippen LogP contribution in [0.5, 0.6) is 5.75 Å². The van der Waals surface area contributed by atoms with Crippen molar-refractivity contribution in [3.05, 3.63) is 41.4 Å². The first-order valence-electron chi connectivity index (χ1n) is 9.32. The maximum atomic E-state index is 6.18. The standard InChI is InChI=1S/C21H27ClN4O/c1-26(11-3-9-23)12-4-10-24-21-17-7-5-15(22)13-20(17)25-19-8-6-16(27-2)14-18(19)21/h5-8,13-14H,3-4,9-12,23H2,1-2H3,(H,24,25). The van der Waals surface area contributed by atoms with E-state index in [0.717, 1.165) is 72.3 Å². The Balaban J connectivity index is 1.86. The fourth-order valence-electron chi connectivity index (χ4n) is 3.25. The van der Waals surface area contributed by atoms with Gasteiger partial charge in [0.05, 0.1) is 23.8 Å². The summed E-state index contributed by atoms with van der Waals surface area (Å²) in [5.41, 5.74) is 8.48. The van der Waals surface area contributed by atoms with Crippen molar-refractivity contribution in [3.8, 4) is 5.75 Å². The summed E-state index contributed by atoms with van der Waals surface area (Å²) in [4.78, 5) is 7.08. The quantitative estimate of drug-likeness (QED) is 0.427. The largest absolute Gasteiger partial charge is 0.497 e. The molecule has 6 heteroatoms. The molecule has 2 aromatic carbocycles. The van der Waals surface area contributed by atoms with Crippen LogP contribution in [0.15, 0.2) is 36.4 Å². The Labute approximate surface area is 165 Å². The fourth-order valence-corrected chi connectivity index (χ4v) is 3.42. The van der Waals surface area contributed by atoms with Gasteiger partial charge >= 0.3 is 0 Å². The van der Waals surface area contributed by atoms with Gasteiger partial charge in [-0.25, -0.2) is 4.98 Å². The van der Waals surface area contributed by atoms with Crippen molar-refractivity contribution in [3.63, 3.8) is 0 Å². The average molecular weight is 387 g/mol. The fraction of sp³-hybridized carbons (Fsp3) is 0.381. The zero-order valence-corrected chi connectivity index (χ0v) is 16.7. The van der Waals surface area contributed by atoms with Crippen LogP contribution in [0.1, 0.15) is 12.8 Å². The second kappa shape index (κ2) is 9.22. The van der Waals surface area contributed by atoms with E-state index in [2.05, 4.69) is 17.3 Å². The third kappa shape index (κ3) is 4.80. The van der Waals surface area contributed by atoms with Gasteiger partial charge in [0.25, 0.3) is 0 Å². The number of halogens is 1. The summed E-state index contributed by atoms with van der Waals surface area (Å²) in [6.45, 7) is 3.68. The molecular formula is C21H27ClN4O. The third-order valence-electron chi connectivity index (χ3n) is 4.71. The maximum Gasteiger partial charge on any atom is 0.119 e. The second-order valence-electron chi connectivity index (χ2n) is 6.76. The molecule has 3 aromatic rings. The number of pyridine rings is 1. The number of fused-ring (bicyclic) bond motifs is 2. The highest BCUT2D eigenvalue weighted by Gasteiger charge is 2.11. The lowest BCUT2D eigenvalue weighted by atomic mass is 10.1. The molecule has 1 aromatic heterocycles. The Morgan fingerprint density at radius 1 is 1.07 bits per heavy atom. The molecule has 0 aliphatic heterocycles. The number of hydrogen-bond donors (Lipinski definition) is 2. The zero-order valence-electron chi connectivity index (χ0n) is 16.0. The van der Waals surface area contributed by atoms with Gasteiger partial charge in [0.2, 0.25) is 0 Å². The number of nitrogens with two attached hydrogens (primary N) is 1. The topological polar surface area (TPSA) is 63.4 Å². The number of hydrogen-bond acceptors (Lipinski definition) is 5. The molecule has 0 aliphatic carbocycles. The second-order valence-corrected chi connectivity index (χ2v) is 7.19. The number of nitrogens with zero attached hydrogens (tertiary/aromatic N) is 2. The number of ether oxygens (including phenoxy) is 1. The first-order chi connectivity index (χ1) is 13.1. The monoisotopic (exact) mass is 386 g/mol. The van der Waals surface area contributed by atoms with E-state index in [0.29, 0.717) is 5.02 Å². The predicted octanol–water partition coefficient (Wildman–Crippen LogP) is 4.13. The van der Waals surface area contributed by atoms with E-state index in [1.165, 1.54) is 0 Å². The van der Waals surface area contributed by atoms with Gasteiger partial charge in [0, 0.05) is 22.3 Å². The van der Waals surface area contributed by atoms with Gasteiger partial charge in [0.15, 0.2) is 0 Å². The van der Waals surface area contributed by atoms with Crippen molar-refractivity contribution in [2.45, 2.75) is 12.8 Å². The highest BCUT2D eigenvalue weighted by Crippen LogP contribution is 2.34. The lowest BCUT2D eigenvalue weighted by molar-refractivity contribution is 0.330. The molecule has 0 saturated carbocycles. The Morgan fingerprint density at radius 2 is 1.89 bits per heavy atom. The van der Waals surface area contributed by atoms with Gasteiger partial charge in [-0.1, -0.05) is 11.6 Å². The molecule has 0 spiro atoms. The lowest BCUT2D eigenvalue weighted by Gasteiger charge is -2.17. The smallest absolute Gasteiger partial charge is 0.119 e. The van der Waals surface area contributed by atoms with Crippen LogP contribution in [0.2, 0.25) is 5.02 Å². The van der Waals surface area contributed by atoms with Crippen LogP contribution in [-0.4, -0.2) is 50.2 Å². The van der Waals surface area contributed by atoms with Gasteiger partial charge in [-0.2, -0.15) is 0 Å². The van der Waals surface area contributed by atoms with Crippen molar-refractivity contribution in [2.24, 2.45) is 5.73 Å². The van der Waals surface area contributed by atoms with E-state index in [4.69, 9.17) is 27.1 Å². The molecule has 5 nitrogen and oxygen atoms in total. The molecule has 144 valence electrons. The molecule has 0 aliphatic rings. The average Bonchev–Trinajstić information content (AvgIpc) is 2.68. The van der Waals surface area contributed by atoms with E-state index in [1.807, 2.05) is 36.4 Å². The van der Waals surface area contributed by atoms with Gasteiger partial charge in [0.1, 0.15) is 5.75 Å². The Bertz CT molecular complexity index is 915. The summed E-state index contributed by atoms with van der Waals surface area (Å²) in [6.07, 6.45) is 2.08. The summed E-state index contributed by atoms with van der Waals surface area (Å²) < 4.78 is 5.41. The highest BCUT2D eigenvalue weighted by molar-refractivity contribution is 6.31. The molecule has 0 unspecified atom stereocenters. The van der Waals surface area contributed by atoms with Crippen molar-refractivity contribution in [1.82, 2.24) is 9.88 Å². The van der Waals surface area contributed by atoms with E-state index in [1.54, 1.807) is 7.11 Å². The number of aromatic nitrogens is 1. The molecule has 0 radical (unpaired) electrons. The number of rotatable bonds is 9. The molecule has 0 bridgehead atoms. The molecule has 0 atom stereocenters. The van der Waals surface area contributed by atoms with Gasteiger partial charge in [-0.05, 0) is 75.9 Å². The maximum absolute atomic E-state index is 6.18. The van der Waals surface area contributed by atoms with Crippen LogP contribution in [0.3, 0.4) is 0 Å². The molecule has 0 amide bonds. The van der Waals surface area contributed by atoms with Gasteiger partial charge < -0.3 is 20.7 Å². The SMILES string of the molecule is COc1ccc2nc3cc(Cl)ccc3c(NCCCN(C)CCCN)c2c1. The van der Waals surface area contributed by atoms with Crippen molar-refractivity contribution in [1.29, 1.82) is 0 Å². The number of methoxy groups -OCH3 is 1. The number of nitrogens with one attached hydrogen (secondary N) is 1. The predicted molar refractivity (Wildman–Crippen MR) is 115 cm³/mol. The van der Waals surface area contributed by atoms with Crippen molar-refractivity contribution >= 4 is 39.1 Å². The highest BCUT2D eigenvalue weighted by atomic mass is 35.5. The summed E-state index contributed by atoms with van der Waals surface area (Å²) in [5, 5.41) is 6.44. The normalized spacial score (nSPS) is 11.4. The molecule has 0 fully saturated rings. The first kappa shape index (κ1) is 19.7. The summed E-state index contributed by atoms with van der Waals surface area (Å²) in [7, 11) is 3.82. The minimum Gasteiger partial charge on any atom is -0.497 e. The lowest BCUT2D eigenvalue weighted by Crippen LogP contribution is -2.24. The molecule has 27 heavy (non-hydrogen) atoms. The van der Waals surface area contributed by atoms with E-state index in [9.17, 15) is 0 Å². The summed E-state index contributed by atoms with van der Waals surface area (Å²) in [6, 6.07) is 11.8. The number of benzene rings is 2.